The molecule has 1 amide bonds. The lowest BCUT2D eigenvalue weighted by Crippen LogP contribution is -2.34. The van der Waals surface area contributed by atoms with Crippen molar-refractivity contribution < 1.29 is 14.3 Å². The van der Waals surface area contributed by atoms with Crippen LogP contribution in [0.3, 0.4) is 0 Å². The lowest BCUT2D eigenvalue weighted by Gasteiger charge is -2.25. The van der Waals surface area contributed by atoms with Gasteiger partial charge in [-0.3, -0.25) is 4.79 Å². The first-order valence-corrected chi connectivity index (χ1v) is 8.01. The van der Waals surface area contributed by atoms with Crippen molar-refractivity contribution in [2.24, 2.45) is 0 Å². The summed E-state index contributed by atoms with van der Waals surface area (Å²) < 4.78 is 10.6. The third-order valence-electron chi connectivity index (χ3n) is 3.98. The first kappa shape index (κ1) is 17.1. The van der Waals surface area contributed by atoms with Crippen molar-refractivity contribution in [3.05, 3.63) is 41.5 Å². The first-order valence-electron chi connectivity index (χ1n) is 8.01. The molecular formula is C19H25NO3. The Labute approximate surface area is 138 Å². The van der Waals surface area contributed by atoms with E-state index in [-0.39, 0.29) is 5.91 Å². The van der Waals surface area contributed by atoms with Gasteiger partial charge in [0.15, 0.2) is 0 Å². The topological polar surface area (TPSA) is 38.8 Å². The highest BCUT2D eigenvalue weighted by molar-refractivity contribution is 5.88. The Balaban J connectivity index is 2.07. The van der Waals surface area contributed by atoms with E-state index in [4.69, 9.17) is 9.47 Å². The molecule has 1 fully saturated rings. The van der Waals surface area contributed by atoms with Gasteiger partial charge in [0.25, 0.3) is 0 Å². The minimum absolute atomic E-state index is 0.0964. The molecule has 0 N–H and O–H groups in total. The molecule has 0 atom stereocenters. The lowest BCUT2D eigenvalue weighted by atomic mass is 10.1. The fourth-order valence-corrected chi connectivity index (χ4v) is 2.65. The molecule has 0 aliphatic carbocycles. The van der Waals surface area contributed by atoms with Gasteiger partial charge in [-0.25, -0.2) is 0 Å². The number of nitrogens with zero attached hydrogens (tertiary/aromatic N) is 1. The largest absolute Gasteiger partial charge is 0.497 e. The fraction of sp³-hybridized carbons (Fsp3) is 0.421. The Kier molecular flexibility index (Phi) is 6.27. The molecule has 0 aromatic heterocycles. The highest BCUT2D eigenvalue weighted by Gasteiger charge is 2.13. The summed E-state index contributed by atoms with van der Waals surface area (Å²) in [6.45, 7) is 3.72. The predicted octanol–water partition coefficient (Wildman–Crippen LogP) is 3.68. The summed E-state index contributed by atoms with van der Waals surface area (Å²) in [6.07, 6.45) is 8.96. The molecule has 1 aromatic carbocycles. The van der Waals surface area contributed by atoms with E-state index in [9.17, 15) is 4.79 Å². The van der Waals surface area contributed by atoms with Crippen LogP contribution in [0.5, 0.6) is 11.5 Å². The maximum atomic E-state index is 12.1. The average molecular weight is 315 g/mol. The number of piperidine rings is 1. The second-order valence-electron chi connectivity index (χ2n) is 5.72. The molecule has 4 nitrogen and oxygen atoms in total. The van der Waals surface area contributed by atoms with Gasteiger partial charge in [-0.15, -0.1) is 0 Å². The van der Waals surface area contributed by atoms with Gasteiger partial charge in [0.05, 0.1) is 14.2 Å². The Hall–Kier alpha value is -2.23. The van der Waals surface area contributed by atoms with Gasteiger partial charge < -0.3 is 14.4 Å². The van der Waals surface area contributed by atoms with Crippen LogP contribution < -0.4 is 9.47 Å². The van der Waals surface area contributed by atoms with Gasteiger partial charge in [-0.1, -0.05) is 11.6 Å². The van der Waals surface area contributed by atoms with Crippen LogP contribution in [0.25, 0.3) is 6.08 Å². The monoisotopic (exact) mass is 315 g/mol. The summed E-state index contributed by atoms with van der Waals surface area (Å²) in [5.74, 6) is 1.60. The van der Waals surface area contributed by atoms with Crippen molar-refractivity contribution in [3.8, 4) is 11.5 Å². The van der Waals surface area contributed by atoms with E-state index in [2.05, 4.69) is 0 Å². The molecule has 0 unspecified atom stereocenters. The number of carbonyl (C=O) groups is 1. The molecule has 0 spiro atoms. The summed E-state index contributed by atoms with van der Waals surface area (Å²) >= 11 is 0. The first-order chi connectivity index (χ1) is 11.1. The van der Waals surface area contributed by atoms with E-state index < -0.39 is 0 Å². The summed E-state index contributed by atoms with van der Waals surface area (Å²) in [5, 5.41) is 0. The number of rotatable bonds is 5. The Morgan fingerprint density at radius 3 is 2.48 bits per heavy atom. The number of benzene rings is 1. The van der Waals surface area contributed by atoms with Crippen LogP contribution in [0.4, 0.5) is 0 Å². The minimum atomic E-state index is 0.0964. The zero-order chi connectivity index (χ0) is 16.7. The van der Waals surface area contributed by atoms with E-state index >= 15 is 0 Å². The quantitative estimate of drug-likeness (QED) is 0.614. The van der Waals surface area contributed by atoms with Crippen LogP contribution >= 0.6 is 0 Å². The number of carbonyl (C=O) groups excluding carboxylic acids is 1. The number of ether oxygens (including phenoxy) is 2. The maximum absolute atomic E-state index is 12.1. The van der Waals surface area contributed by atoms with E-state index in [0.29, 0.717) is 0 Å². The molecule has 2 rings (SSSR count). The van der Waals surface area contributed by atoms with Gasteiger partial charge in [0, 0.05) is 30.8 Å². The van der Waals surface area contributed by atoms with Crippen LogP contribution in [0, 0.1) is 0 Å². The van der Waals surface area contributed by atoms with Crippen molar-refractivity contribution in [3.63, 3.8) is 0 Å². The molecule has 1 aliphatic rings. The number of amides is 1. The summed E-state index contributed by atoms with van der Waals surface area (Å²) in [7, 11) is 3.27. The van der Waals surface area contributed by atoms with Crippen LogP contribution in [-0.2, 0) is 4.79 Å². The number of hydrogen-bond acceptors (Lipinski definition) is 3. The molecule has 0 saturated carbocycles. The molecule has 4 heteroatoms. The normalized spacial score (nSPS) is 15.8. The van der Waals surface area contributed by atoms with E-state index in [0.717, 1.165) is 48.6 Å². The van der Waals surface area contributed by atoms with E-state index in [1.54, 1.807) is 20.3 Å². The SMILES string of the molecule is COc1ccc(/C=C(C)/C=C/C(=O)N2CCCCC2)c(OC)c1. The van der Waals surface area contributed by atoms with E-state index in [1.165, 1.54) is 6.42 Å². The van der Waals surface area contributed by atoms with Gasteiger partial charge in [0.1, 0.15) is 11.5 Å². The lowest BCUT2D eigenvalue weighted by molar-refractivity contribution is -0.126. The molecule has 0 bridgehead atoms. The van der Waals surface area contributed by atoms with Crippen molar-refractivity contribution >= 4 is 12.0 Å². The zero-order valence-corrected chi connectivity index (χ0v) is 14.2. The van der Waals surface area contributed by atoms with Crippen molar-refractivity contribution in [1.82, 2.24) is 4.90 Å². The number of likely N-dealkylation sites (tertiary alicyclic amines) is 1. The second-order valence-corrected chi connectivity index (χ2v) is 5.72. The van der Waals surface area contributed by atoms with Crippen LogP contribution in [0.2, 0.25) is 0 Å². The number of allylic oxidation sites excluding steroid dienone is 2. The Bertz CT molecular complexity index is 599. The zero-order valence-electron chi connectivity index (χ0n) is 14.2. The molecule has 1 aliphatic heterocycles. The summed E-state index contributed by atoms with van der Waals surface area (Å²) in [4.78, 5) is 14.1. The Morgan fingerprint density at radius 1 is 1.09 bits per heavy atom. The third-order valence-corrected chi connectivity index (χ3v) is 3.98. The van der Waals surface area contributed by atoms with Gasteiger partial charge >= 0.3 is 0 Å². The highest BCUT2D eigenvalue weighted by atomic mass is 16.5. The third kappa shape index (κ3) is 4.88. The standard InChI is InChI=1S/C19H25NO3/c1-15(7-10-19(21)20-11-5-4-6-12-20)13-16-8-9-17(22-2)14-18(16)23-3/h7-10,13-14H,4-6,11-12H2,1-3H3/b10-7+,15-13+. The minimum Gasteiger partial charge on any atom is -0.497 e. The molecule has 124 valence electrons. The second kappa shape index (κ2) is 8.42. The highest BCUT2D eigenvalue weighted by Crippen LogP contribution is 2.26. The molecule has 1 heterocycles. The summed E-state index contributed by atoms with van der Waals surface area (Å²) in [6, 6.07) is 5.69. The molecule has 23 heavy (non-hydrogen) atoms. The number of hydrogen-bond donors (Lipinski definition) is 0. The average Bonchev–Trinajstić information content (AvgIpc) is 2.60. The van der Waals surface area contributed by atoms with Crippen molar-refractivity contribution in [1.29, 1.82) is 0 Å². The smallest absolute Gasteiger partial charge is 0.246 e. The van der Waals surface area contributed by atoms with Gasteiger partial charge in [-0.05, 0) is 44.4 Å². The van der Waals surface area contributed by atoms with Crippen LogP contribution in [-0.4, -0.2) is 38.1 Å². The van der Waals surface area contributed by atoms with Gasteiger partial charge in [0.2, 0.25) is 5.91 Å². The predicted molar refractivity (Wildman–Crippen MR) is 92.8 cm³/mol. The molecular weight excluding hydrogens is 290 g/mol. The summed E-state index contributed by atoms with van der Waals surface area (Å²) in [5.41, 5.74) is 1.96. The molecule has 0 radical (unpaired) electrons. The van der Waals surface area contributed by atoms with Crippen molar-refractivity contribution in [2.45, 2.75) is 26.2 Å². The number of methoxy groups -OCH3 is 2. The Morgan fingerprint density at radius 2 is 1.83 bits per heavy atom. The van der Waals surface area contributed by atoms with Gasteiger partial charge in [-0.2, -0.15) is 0 Å². The molecule has 1 saturated heterocycles. The fourth-order valence-electron chi connectivity index (χ4n) is 2.65. The molecule has 1 aromatic rings. The maximum Gasteiger partial charge on any atom is 0.246 e. The van der Waals surface area contributed by atoms with Crippen LogP contribution in [0.15, 0.2) is 35.9 Å². The van der Waals surface area contributed by atoms with E-state index in [1.807, 2.05) is 42.2 Å². The van der Waals surface area contributed by atoms with Crippen LogP contribution in [0.1, 0.15) is 31.7 Å². The van der Waals surface area contributed by atoms with Crippen molar-refractivity contribution in [2.75, 3.05) is 27.3 Å².